The number of nitrogens with zero attached hydrogens (tertiary/aromatic N) is 2. The number of esters is 1. The van der Waals surface area contributed by atoms with Crippen LogP contribution in [0, 0.1) is 0 Å². The highest BCUT2D eigenvalue weighted by Crippen LogP contribution is 2.38. The molecule has 36 heavy (non-hydrogen) atoms. The highest BCUT2D eigenvalue weighted by Gasteiger charge is 2.21. The Morgan fingerprint density at radius 2 is 1.89 bits per heavy atom. The molecule has 2 heterocycles. The summed E-state index contributed by atoms with van der Waals surface area (Å²) in [7, 11) is 0. The van der Waals surface area contributed by atoms with Crippen molar-refractivity contribution in [1.82, 2.24) is 15.3 Å². The second kappa shape index (κ2) is 12.3. The minimum atomic E-state index is -0.474. The van der Waals surface area contributed by atoms with Crippen molar-refractivity contribution < 1.29 is 23.5 Å². The summed E-state index contributed by atoms with van der Waals surface area (Å²) in [6.45, 7) is 9.95. The minimum Gasteiger partial charge on any atom is -0.474 e. The molecule has 0 fully saturated rings. The topological polar surface area (TPSA) is 104 Å². The zero-order valence-corrected chi connectivity index (χ0v) is 21.7. The van der Waals surface area contributed by atoms with Gasteiger partial charge in [-0.3, -0.25) is 9.59 Å². The predicted octanol–water partition coefficient (Wildman–Crippen LogP) is 5.71. The van der Waals surface area contributed by atoms with Crippen LogP contribution in [-0.4, -0.2) is 40.1 Å². The average molecular weight is 494 g/mol. The van der Waals surface area contributed by atoms with Crippen LogP contribution in [-0.2, 0) is 14.3 Å². The lowest BCUT2D eigenvalue weighted by Gasteiger charge is -2.19. The van der Waals surface area contributed by atoms with Gasteiger partial charge in [-0.15, -0.1) is 0 Å². The fraction of sp³-hybridized carbons (Fsp3) is 0.429. The van der Waals surface area contributed by atoms with Crippen molar-refractivity contribution in [2.24, 2.45) is 0 Å². The van der Waals surface area contributed by atoms with Crippen molar-refractivity contribution in [2.45, 2.75) is 72.0 Å². The number of carbonyl (C=O) groups excluding carboxylic acids is 2. The molecule has 0 saturated heterocycles. The van der Waals surface area contributed by atoms with Crippen molar-refractivity contribution in [1.29, 1.82) is 0 Å². The van der Waals surface area contributed by atoms with Gasteiger partial charge in [0, 0.05) is 30.2 Å². The van der Waals surface area contributed by atoms with Gasteiger partial charge in [-0.25, -0.2) is 9.97 Å². The quantitative estimate of drug-likeness (QED) is 0.207. The number of benzene rings is 1. The molecule has 0 aliphatic carbocycles. The van der Waals surface area contributed by atoms with E-state index in [2.05, 4.69) is 15.3 Å². The van der Waals surface area contributed by atoms with Gasteiger partial charge in [-0.1, -0.05) is 30.3 Å². The number of furan rings is 1. The molecule has 0 aliphatic heterocycles. The van der Waals surface area contributed by atoms with E-state index in [9.17, 15) is 9.59 Å². The van der Waals surface area contributed by atoms with Gasteiger partial charge in [-0.2, -0.15) is 0 Å². The van der Waals surface area contributed by atoms with E-state index < -0.39 is 5.60 Å². The summed E-state index contributed by atoms with van der Waals surface area (Å²) in [5.41, 5.74) is 1.44. The summed E-state index contributed by atoms with van der Waals surface area (Å²) in [4.78, 5) is 32.7. The number of amides is 1. The van der Waals surface area contributed by atoms with Crippen LogP contribution in [0.1, 0.15) is 65.9 Å². The number of aromatic nitrogens is 2. The van der Waals surface area contributed by atoms with E-state index in [1.165, 1.54) is 12.4 Å². The Hall–Kier alpha value is -3.68. The van der Waals surface area contributed by atoms with Gasteiger partial charge in [0.05, 0.1) is 6.10 Å². The van der Waals surface area contributed by atoms with Gasteiger partial charge >= 0.3 is 5.97 Å². The van der Waals surface area contributed by atoms with E-state index in [0.717, 1.165) is 18.4 Å². The molecule has 8 nitrogen and oxygen atoms in total. The number of ether oxygens (including phenoxy) is 2. The Morgan fingerprint density at radius 3 is 2.58 bits per heavy atom. The van der Waals surface area contributed by atoms with Crippen LogP contribution >= 0.6 is 0 Å². The van der Waals surface area contributed by atoms with Crippen molar-refractivity contribution in [3.8, 4) is 17.2 Å². The van der Waals surface area contributed by atoms with Gasteiger partial charge in [-0.05, 0) is 60.0 Å². The number of unbranched alkanes of at least 4 members (excludes halogenated alkanes) is 1. The summed E-state index contributed by atoms with van der Waals surface area (Å²) in [6, 6.07) is 9.63. The molecule has 0 saturated carbocycles. The number of fused-ring (bicyclic) bond motifs is 1. The van der Waals surface area contributed by atoms with Crippen molar-refractivity contribution in [2.75, 3.05) is 6.54 Å². The van der Waals surface area contributed by atoms with Crippen LogP contribution in [0.2, 0.25) is 0 Å². The zero-order valence-electron chi connectivity index (χ0n) is 21.7. The van der Waals surface area contributed by atoms with Crippen molar-refractivity contribution in [3.63, 3.8) is 0 Å². The summed E-state index contributed by atoms with van der Waals surface area (Å²) in [5.74, 6) is 0.579. The molecule has 1 atom stereocenters. The lowest BCUT2D eigenvalue weighted by atomic mass is 10.1. The van der Waals surface area contributed by atoms with Crippen LogP contribution in [0.15, 0.2) is 47.2 Å². The lowest BCUT2D eigenvalue weighted by molar-refractivity contribution is -0.155. The standard InChI is InChI=1S/C28H35N3O5/c1-6-29-22(32)17-16-21-24-26(34-19(2)12-10-11-15-23(33)36-28(3,4)5)30-18-31-27(24)35-25(21)20-13-8-7-9-14-20/h7-9,13-14,16-19H,6,10-12,15H2,1-5H3,(H,29,32)/t19-/m1/s1. The fourth-order valence-corrected chi connectivity index (χ4v) is 3.71. The summed E-state index contributed by atoms with van der Waals surface area (Å²) in [5, 5.41) is 3.37. The first kappa shape index (κ1) is 26.9. The van der Waals surface area contributed by atoms with E-state index in [4.69, 9.17) is 13.9 Å². The maximum Gasteiger partial charge on any atom is 0.306 e. The largest absolute Gasteiger partial charge is 0.474 e. The first-order valence-corrected chi connectivity index (χ1v) is 12.3. The second-order valence-corrected chi connectivity index (χ2v) is 9.56. The van der Waals surface area contributed by atoms with Gasteiger partial charge in [0.2, 0.25) is 17.5 Å². The first-order valence-electron chi connectivity index (χ1n) is 12.3. The third-order valence-corrected chi connectivity index (χ3v) is 5.25. The van der Waals surface area contributed by atoms with Crippen LogP contribution in [0.5, 0.6) is 5.88 Å². The second-order valence-electron chi connectivity index (χ2n) is 9.56. The van der Waals surface area contributed by atoms with E-state index in [1.54, 1.807) is 6.08 Å². The molecule has 0 unspecified atom stereocenters. The maximum atomic E-state index is 12.1. The molecular formula is C28H35N3O5. The lowest BCUT2D eigenvalue weighted by Crippen LogP contribution is -2.23. The van der Waals surface area contributed by atoms with Gasteiger partial charge in [0.15, 0.2) is 0 Å². The number of hydrogen-bond donors (Lipinski definition) is 1. The Bertz CT molecular complexity index is 1200. The van der Waals surface area contributed by atoms with Crippen molar-refractivity contribution >= 4 is 29.1 Å². The molecule has 1 N–H and O–H groups in total. The highest BCUT2D eigenvalue weighted by atomic mass is 16.6. The van der Waals surface area contributed by atoms with Gasteiger partial charge in [0.25, 0.3) is 0 Å². The Kier molecular flexibility index (Phi) is 9.22. The Morgan fingerprint density at radius 1 is 1.14 bits per heavy atom. The van der Waals surface area contributed by atoms with E-state index >= 15 is 0 Å². The summed E-state index contributed by atoms with van der Waals surface area (Å²) >= 11 is 0. The highest BCUT2D eigenvalue weighted by molar-refractivity contribution is 6.00. The van der Waals surface area contributed by atoms with E-state index in [1.807, 2.05) is 65.0 Å². The minimum absolute atomic E-state index is 0.156. The Labute approximate surface area is 212 Å². The number of rotatable bonds is 11. The van der Waals surface area contributed by atoms with Gasteiger partial charge < -0.3 is 19.2 Å². The third kappa shape index (κ3) is 7.66. The summed E-state index contributed by atoms with van der Waals surface area (Å²) < 4.78 is 17.7. The SMILES string of the molecule is CCNC(=O)C=Cc1c(-c2ccccc2)oc2ncnc(O[C@H](C)CCCCC(=O)OC(C)(C)C)c12. The molecule has 1 amide bonds. The fourth-order valence-electron chi connectivity index (χ4n) is 3.71. The molecule has 192 valence electrons. The molecule has 0 bridgehead atoms. The molecule has 0 radical (unpaired) electrons. The van der Waals surface area contributed by atoms with E-state index in [-0.39, 0.29) is 18.0 Å². The maximum absolute atomic E-state index is 12.1. The smallest absolute Gasteiger partial charge is 0.306 e. The molecule has 1 aromatic carbocycles. The van der Waals surface area contributed by atoms with Crippen LogP contribution in [0.4, 0.5) is 0 Å². The molecular weight excluding hydrogens is 458 g/mol. The Balaban J connectivity index is 1.79. The molecule has 8 heteroatoms. The van der Waals surface area contributed by atoms with Crippen LogP contribution in [0.3, 0.4) is 0 Å². The molecule has 3 aromatic rings. The number of nitrogens with one attached hydrogen (secondary N) is 1. The van der Waals surface area contributed by atoms with E-state index in [0.29, 0.717) is 47.7 Å². The monoisotopic (exact) mass is 493 g/mol. The first-order chi connectivity index (χ1) is 17.2. The molecule has 0 spiro atoms. The normalized spacial score (nSPS) is 12.6. The van der Waals surface area contributed by atoms with Gasteiger partial charge in [0.1, 0.15) is 23.1 Å². The zero-order chi connectivity index (χ0) is 26.1. The average Bonchev–Trinajstić information content (AvgIpc) is 3.20. The molecule has 0 aliphatic rings. The van der Waals surface area contributed by atoms with Crippen LogP contribution < -0.4 is 10.1 Å². The predicted molar refractivity (Wildman–Crippen MR) is 139 cm³/mol. The number of likely N-dealkylation sites (N-methyl/N-ethyl adjacent to an activating group) is 1. The number of hydrogen-bond acceptors (Lipinski definition) is 7. The number of carbonyl (C=O) groups is 2. The van der Waals surface area contributed by atoms with Crippen LogP contribution in [0.25, 0.3) is 28.5 Å². The van der Waals surface area contributed by atoms with Crippen molar-refractivity contribution in [3.05, 3.63) is 48.3 Å². The molecule has 2 aromatic heterocycles. The summed E-state index contributed by atoms with van der Waals surface area (Å²) in [6.07, 6.45) is 7.06. The molecule has 3 rings (SSSR count). The third-order valence-electron chi connectivity index (χ3n) is 5.25.